The molecule has 2 heterocycles. The average Bonchev–Trinajstić information content (AvgIpc) is 2.94. The number of aromatic nitrogens is 4. The molecule has 1 aromatic carbocycles. The Balaban J connectivity index is 1.90. The van der Waals surface area contributed by atoms with Crippen molar-refractivity contribution in [1.82, 2.24) is 19.9 Å². The van der Waals surface area contributed by atoms with Gasteiger partial charge in [0, 0.05) is 18.1 Å². The van der Waals surface area contributed by atoms with Gasteiger partial charge in [-0.3, -0.25) is 0 Å². The fraction of sp³-hybridized carbons (Fsp3) is 0.154. The summed E-state index contributed by atoms with van der Waals surface area (Å²) in [5.41, 5.74) is 2.60. The SMILES string of the molecule is CNc1nc(NCc2ccccc2Br)c2[nH]cnc2n1. The van der Waals surface area contributed by atoms with Crippen LogP contribution >= 0.6 is 15.9 Å². The molecule has 3 aromatic rings. The molecular formula is C13H13BrN6. The van der Waals surface area contributed by atoms with Crippen molar-refractivity contribution in [3.63, 3.8) is 0 Å². The van der Waals surface area contributed by atoms with Crippen molar-refractivity contribution >= 4 is 38.9 Å². The lowest BCUT2D eigenvalue weighted by Crippen LogP contribution is -2.06. The van der Waals surface area contributed by atoms with Gasteiger partial charge in [-0.05, 0) is 11.6 Å². The maximum atomic E-state index is 4.42. The molecule has 20 heavy (non-hydrogen) atoms. The molecule has 0 aliphatic rings. The lowest BCUT2D eigenvalue weighted by atomic mass is 10.2. The summed E-state index contributed by atoms with van der Waals surface area (Å²) in [6, 6.07) is 8.07. The van der Waals surface area contributed by atoms with Gasteiger partial charge in [-0.2, -0.15) is 9.97 Å². The van der Waals surface area contributed by atoms with Crippen LogP contribution in [0, 0.1) is 0 Å². The van der Waals surface area contributed by atoms with Crippen molar-refractivity contribution in [2.24, 2.45) is 0 Å². The molecule has 3 rings (SSSR count). The van der Waals surface area contributed by atoms with E-state index in [-0.39, 0.29) is 0 Å². The van der Waals surface area contributed by atoms with Gasteiger partial charge in [0.15, 0.2) is 11.5 Å². The van der Waals surface area contributed by atoms with E-state index in [9.17, 15) is 0 Å². The van der Waals surface area contributed by atoms with Gasteiger partial charge < -0.3 is 15.6 Å². The van der Waals surface area contributed by atoms with E-state index < -0.39 is 0 Å². The summed E-state index contributed by atoms with van der Waals surface area (Å²) in [7, 11) is 1.78. The molecule has 2 aromatic heterocycles. The number of H-pyrrole nitrogens is 1. The zero-order valence-corrected chi connectivity index (χ0v) is 12.4. The van der Waals surface area contributed by atoms with Crippen LogP contribution in [0.1, 0.15) is 5.56 Å². The molecule has 0 radical (unpaired) electrons. The van der Waals surface area contributed by atoms with Crippen molar-refractivity contribution in [1.29, 1.82) is 0 Å². The van der Waals surface area contributed by atoms with Gasteiger partial charge in [0.05, 0.1) is 6.33 Å². The van der Waals surface area contributed by atoms with E-state index >= 15 is 0 Å². The second kappa shape index (κ2) is 5.46. The number of hydrogen-bond acceptors (Lipinski definition) is 5. The van der Waals surface area contributed by atoms with Gasteiger partial charge in [0.2, 0.25) is 5.95 Å². The summed E-state index contributed by atoms with van der Waals surface area (Å²) in [5.74, 6) is 1.27. The van der Waals surface area contributed by atoms with Crippen LogP contribution in [0.5, 0.6) is 0 Å². The first kappa shape index (κ1) is 12.9. The van der Waals surface area contributed by atoms with Gasteiger partial charge in [-0.1, -0.05) is 34.1 Å². The molecule has 0 bridgehead atoms. The molecule has 0 fully saturated rings. The Morgan fingerprint density at radius 3 is 2.90 bits per heavy atom. The van der Waals surface area contributed by atoms with Gasteiger partial charge in [-0.25, -0.2) is 4.98 Å². The number of aromatic amines is 1. The zero-order valence-electron chi connectivity index (χ0n) is 10.8. The smallest absolute Gasteiger partial charge is 0.226 e. The zero-order chi connectivity index (χ0) is 13.9. The molecule has 0 unspecified atom stereocenters. The van der Waals surface area contributed by atoms with Crippen LogP contribution in [-0.2, 0) is 6.54 Å². The first-order valence-electron chi connectivity index (χ1n) is 6.14. The Bertz CT molecular complexity index is 739. The molecule has 0 saturated carbocycles. The number of rotatable bonds is 4. The number of nitrogens with one attached hydrogen (secondary N) is 3. The van der Waals surface area contributed by atoms with E-state index in [4.69, 9.17) is 0 Å². The minimum absolute atomic E-state index is 0.541. The van der Waals surface area contributed by atoms with Crippen LogP contribution in [-0.4, -0.2) is 27.0 Å². The number of nitrogens with zero attached hydrogens (tertiary/aromatic N) is 3. The lowest BCUT2D eigenvalue weighted by molar-refractivity contribution is 1.09. The Labute approximate surface area is 124 Å². The standard InChI is InChI=1S/C13H13BrN6/c1-15-13-19-11(10-12(20-13)18-7-17-10)16-6-8-4-2-3-5-9(8)14/h2-5,7H,6H2,1H3,(H3,15,16,17,18,19,20). The fourth-order valence-corrected chi connectivity index (χ4v) is 2.32. The molecule has 0 atom stereocenters. The number of imidazole rings is 1. The summed E-state index contributed by atoms with van der Waals surface area (Å²) in [6.07, 6.45) is 1.61. The number of anilines is 2. The van der Waals surface area contributed by atoms with Crippen molar-refractivity contribution in [3.8, 4) is 0 Å². The van der Waals surface area contributed by atoms with E-state index in [0.717, 1.165) is 21.4 Å². The normalized spacial score (nSPS) is 10.7. The highest BCUT2D eigenvalue weighted by molar-refractivity contribution is 9.10. The second-order valence-corrected chi connectivity index (χ2v) is 5.05. The summed E-state index contributed by atoms with van der Waals surface area (Å²) in [6.45, 7) is 0.662. The number of halogens is 1. The highest BCUT2D eigenvalue weighted by Gasteiger charge is 2.09. The number of fused-ring (bicyclic) bond motifs is 1. The molecule has 0 spiro atoms. The predicted octanol–water partition coefficient (Wildman–Crippen LogP) is 2.77. The van der Waals surface area contributed by atoms with E-state index in [1.54, 1.807) is 13.4 Å². The van der Waals surface area contributed by atoms with Gasteiger partial charge in [-0.15, -0.1) is 0 Å². The van der Waals surface area contributed by atoms with Crippen molar-refractivity contribution in [3.05, 3.63) is 40.6 Å². The highest BCUT2D eigenvalue weighted by atomic mass is 79.9. The monoisotopic (exact) mass is 332 g/mol. The summed E-state index contributed by atoms with van der Waals surface area (Å²) in [4.78, 5) is 15.9. The Hall–Kier alpha value is -2.15. The van der Waals surface area contributed by atoms with Gasteiger partial charge in [0.1, 0.15) is 5.52 Å². The largest absolute Gasteiger partial charge is 0.364 e. The maximum absolute atomic E-state index is 4.42. The average molecular weight is 333 g/mol. The van der Waals surface area contributed by atoms with E-state index in [0.29, 0.717) is 18.1 Å². The number of hydrogen-bond donors (Lipinski definition) is 3. The third kappa shape index (κ3) is 2.44. The number of benzene rings is 1. The summed E-state index contributed by atoms with van der Waals surface area (Å²) in [5, 5.41) is 6.25. The maximum Gasteiger partial charge on any atom is 0.226 e. The Morgan fingerprint density at radius 1 is 1.25 bits per heavy atom. The molecule has 0 saturated heterocycles. The molecule has 0 aliphatic carbocycles. The molecule has 102 valence electrons. The third-order valence-electron chi connectivity index (χ3n) is 2.91. The summed E-state index contributed by atoms with van der Waals surface area (Å²) < 4.78 is 1.07. The van der Waals surface area contributed by atoms with Crippen molar-refractivity contribution in [2.75, 3.05) is 17.7 Å². The first-order chi connectivity index (χ1) is 9.78. The van der Waals surface area contributed by atoms with E-state index in [1.807, 2.05) is 18.2 Å². The molecule has 6 nitrogen and oxygen atoms in total. The van der Waals surface area contributed by atoms with Crippen LogP contribution in [0.15, 0.2) is 35.1 Å². The lowest BCUT2D eigenvalue weighted by Gasteiger charge is -2.09. The molecular weight excluding hydrogens is 320 g/mol. The van der Waals surface area contributed by atoms with Crippen LogP contribution in [0.2, 0.25) is 0 Å². The fourth-order valence-electron chi connectivity index (χ4n) is 1.89. The van der Waals surface area contributed by atoms with Crippen LogP contribution < -0.4 is 10.6 Å². The minimum atomic E-state index is 0.541. The first-order valence-corrected chi connectivity index (χ1v) is 6.93. The quantitative estimate of drug-likeness (QED) is 0.684. The topological polar surface area (TPSA) is 78.5 Å². The van der Waals surface area contributed by atoms with E-state index in [1.165, 1.54) is 0 Å². The van der Waals surface area contributed by atoms with E-state index in [2.05, 4.69) is 52.6 Å². The highest BCUT2D eigenvalue weighted by Crippen LogP contribution is 2.21. The molecule has 0 aliphatic heterocycles. The third-order valence-corrected chi connectivity index (χ3v) is 3.69. The second-order valence-electron chi connectivity index (χ2n) is 4.19. The van der Waals surface area contributed by atoms with Crippen molar-refractivity contribution < 1.29 is 0 Å². The summed E-state index contributed by atoms with van der Waals surface area (Å²) >= 11 is 3.53. The molecule has 0 amide bonds. The molecule has 3 N–H and O–H groups in total. The predicted molar refractivity (Wildman–Crippen MR) is 82.7 cm³/mol. The van der Waals surface area contributed by atoms with Crippen LogP contribution in [0.3, 0.4) is 0 Å². The van der Waals surface area contributed by atoms with Gasteiger partial charge in [0.25, 0.3) is 0 Å². The van der Waals surface area contributed by atoms with Gasteiger partial charge >= 0.3 is 0 Å². The van der Waals surface area contributed by atoms with Crippen LogP contribution in [0.25, 0.3) is 11.2 Å². The Morgan fingerprint density at radius 2 is 2.10 bits per heavy atom. The van der Waals surface area contributed by atoms with Crippen LogP contribution in [0.4, 0.5) is 11.8 Å². The Kier molecular flexibility index (Phi) is 3.51. The molecule has 7 heteroatoms. The minimum Gasteiger partial charge on any atom is -0.364 e. The van der Waals surface area contributed by atoms with Crippen molar-refractivity contribution in [2.45, 2.75) is 6.54 Å².